The molecule has 0 unspecified atom stereocenters. The third-order valence-corrected chi connectivity index (χ3v) is 17.9. The maximum Gasteiger partial charge on any atom is 0.333 e. The molecule has 2 aliphatic carbocycles. The Hall–Kier alpha value is -5.58. The van der Waals surface area contributed by atoms with Crippen LogP contribution in [-0.4, -0.2) is 11.4 Å². The van der Waals surface area contributed by atoms with Crippen molar-refractivity contribution >= 4 is 82.5 Å². The van der Waals surface area contributed by atoms with E-state index in [1.807, 2.05) is 11.3 Å². The molecule has 13 rings (SSSR count). The molecule has 322 valence electrons. The Bertz CT molecular complexity index is 3600. The topological polar surface area (TPSA) is 8.17 Å². The van der Waals surface area contributed by atoms with Crippen molar-refractivity contribution in [3.63, 3.8) is 0 Å². The summed E-state index contributed by atoms with van der Waals surface area (Å²) in [6.45, 7) is 28.9. The molecular weight excluding hydrogens is 804 g/mol. The van der Waals surface area contributed by atoms with Gasteiger partial charge in [-0.15, -0.1) is 11.3 Å². The molecule has 0 N–H and O–H groups in total. The fourth-order valence-corrected chi connectivity index (χ4v) is 13.9. The molecule has 65 heavy (non-hydrogen) atoms. The summed E-state index contributed by atoms with van der Waals surface area (Å²) >= 11 is 1.92. The quantitative estimate of drug-likeness (QED) is 0.149. The van der Waals surface area contributed by atoms with Crippen molar-refractivity contribution in [1.82, 2.24) is 4.57 Å². The van der Waals surface area contributed by atoms with Crippen LogP contribution in [0.25, 0.3) is 69.9 Å². The lowest BCUT2D eigenvalue weighted by Gasteiger charge is -2.43. The maximum absolute atomic E-state index is 2.75. The summed E-state index contributed by atoms with van der Waals surface area (Å²) in [5.41, 5.74) is 23.7. The van der Waals surface area contributed by atoms with Gasteiger partial charge in [0.2, 0.25) is 0 Å². The van der Waals surface area contributed by atoms with Crippen LogP contribution in [0.1, 0.15) is 129 Å². The molecule has 2 aromatic heterocycles. The lowest BCUT2D eigenvalue weighted by Crippen LogP contribution is -2.60. The van der Waals surface area contributed by atoms with E-state index in [1.54, 1.807) is 5.56 Å². The Morgan fingerprint density at radius 3 is 1.88 bits per heavy atom. The van der Waals surface area contributed by atoms with Crippen molar-refractivity contribution in [3.05, 3.63) is 149 Å². The summed E-state index contributed by atoms with van der Waals surface area (Å²) in [7, 11) is 0. The first-order valence-electron chi connectivity index (χ1n) is 24.1. The molecule has 0 fully saturated rings. The van der Waals surface area contributed by atoms with Gasteiger partial charge in [0.25, 0.3) is 0 Å². The normalized spacial score (nSPS) is 17.4. The van der Waals surface area contributed by atoms with Crippen molar-refractivity contribution in [2.45, 2.75) is 123 Å². The van der Waals surface area contributed by atoms with Crippen LogP contribution in [0.5, 0.6) is 0 Å². The van der Waals surface area contributed by atoms with Gasteiger partial charge in [-0.2, -0.15) is 0 Å². The number of hydrogen-bond donors (Lipinski definition) is 0. The molecule has 0 saturated carbocycles. The Morgan fingerprint density at radius 2 is 1.15 bits per heavy atom. The minimum atomic E-state index is -0.151. The molecule has 4 heterocycles. The van der Waals surface area contributed by atoms with E-state index in [9.17, 15) is 0 Å². The van der Waals surface area contributed by atoms with Gasteiger partial charge < -0.3 is 9.38 Å². The highest BCUT2D eigenvalue weighted by Crippen LogP contribution is 2.58. The molecule has 2 nitrogen and oxygen atoms in total. The van der Waals surface area contributed by atoms with Crippen LogP contribution in [0.15, 0.2) is 115 Å². The van der Waals surface area contributed by atoms with Crippen molar-refractivity contribution in [1.29, 1.82) is 0 Å². The lowest BCUT2D eigenvalue weighted by molar-refractivity contribution is 0.331. The average Bonchev–Trinajstić information content (AvgIpc) is 3.86. The van der Waals surface area contributed by atoms with Gasteiger partial charge in [-0.05, 0) is 150 Å². The van der Waals surface area contributed by atoms with Crippen LogP contribution in [0.2, 0.25) is 0 Å². The first-order valence-corrected chi connectivity index (χ1v) is 24.9. The zero-order valence-electron chi connectivity index (χ0n) is 40.3. The largest absolute Gasteiger partial charge is 0.376 e. The summed E-state index contributed by atoms with van der Waals surface area (Å²) in [6.07, 6.45) is 2.42. The SMILES string of the molecule is CC(C)(C)c1ccc(N2B3c4cc(C(C)(C)C)ccc4-n4c5cc6sc7ccccc7c6cc5c5ccc(c3c54)-c3cc4c(cc32)-c2cc3c(cc2C4(C)C)C(C)(C)CCC3(C)C)cc1. The fourth-order valence-electron chi connectivity index (χ4n) is 12.8. The second kappa shape index (κ2) is 12.4. The zero-order valence-corrected chi connectivity index (χ0v) is 41.1. The molecule has 0 spiro atoms. The first kappa shape index (κ1) is 39.8. The molecule has 7 aromatic carbocycles. The van der Waals surface area contributed by atoms with Gasteiger partial charge in [-0.3, -0.25) is 0 Å². The average molecular weight is 863 g/mol. The Balaban J connectivity index is 1.16. The van der Waals surface area contributed by atoms with Crippen LogP contribution in [0.3, 0.4) is 0 Å². The minimum Gasteiger partial charge on any atom is -0.376 e. The second-order valence-corrected chi connectivity index (χ2v) is 25.1. The second-order valence-electron chi connectivity index (χ2n) is 24.1. The minimum absolute atomic E-state index is 0.0184. The Morgan fingerprint density at radius 1 is 0.508 bits per heavy atom. The maximum atomic E-state index is 2.75. The van der Waals surface area contributed by atoms with Crippen LogP contribution >= 0.6 is 11.3 Å². The molecular formula is C61H59BN2S. The third-order valence-electron chi connectivity index (χ3n) is 16.8. The third kappa shape index (κ3) is 5.24. The first-order chi connectivity index (χ1) is 30.7. The zero-order chi connectivity index (χ0) is 45.1. The molecule has 0 bridgehead atoms. The number of hydrogen-bond acceptors (Lipinski definition) is 2. The molecule has 0 radical (unpaired) electrons. The highest BCUT2D eigenvalue weighted by atomic mass is 32.1. The number of benzene rings is 7. The summed E-state index contributed by atoms with van der Waals surface area (Å²) in [5, 5.41) is 5.37. The van der Waals surface area contributed by atoms with E-state index < -0.39 is 0 Å². The summed E-state index contributed by atoms with van der Waals surface area (Å²) < 4.78 is 5.34. The van der Waals surface area contributed by atoms with E-state index in [-0.39, 0.29) is 33.9 Å². The van der Waals surface area contributed by atoms with Gasteiger partial charge in [0.1, 0.15) is 0 Å². The number of nitrogens with zero attached hydrogens (tertiary/aromatic N) is 2. The van der Waals surface area contributed by atoms with E-state index in [2.05, 4.69) is 208 Å². The van der Waals surface area contributed by atoms with E-state index in [0.717, 1.165) is 0 Å². The number of rotatable bonds is 1. The molecule has 0 amide bonds. The van der Waals surface area contributed by atoms with Crippen LogP contribution < -0.4 is 15.7 Å². The molecule has 4 aliphatic rings. The van der Waals surface area contributed by atoms with E-state index >= 15 is 0 Å². The Kier molecular flexibility index (Phi) is 7.61. The smallest absolute Gasteiger partial charge is 0.333 e. The summed E-state index contributed by atoms with van der Waals surface area (Å²) in [5.74, 6) is 0. The van der Waals surface area contributed by atoms with Crippen molar-refractivity contribution < 1.29 is 0 Å². The van der Waals surface area contributed by atoms with Gasteiger partial charge in [0.05, 0.1) is 11.0 Å². The number of fused-ring (bicyclic) bond motifs is 15. The highest BCUT2D eigenvalue weighted by Gasteiger charge is 2.48. The number of thiophene rings is 1. The molecule has 0 atom stereocenters. The van der Waals surface area contributed by atoms with Gasteiger partial charge in [0.15, 0.2) is 0 Å². The molecule has 4 heteroatoms. The number of aromatic nitrogens is 1. The van der Waals surface area contributed by atoms with Gasteiger partial charge in [-0.25, -0.2) is 0 Å². The molecule has 2 aliphatic heterocycles. The van der Waals surface area contributed by atoms with E-state index in [1.165, 1.54) is 133 Å². The van der Waals surface area contributed by atoms with Crippen LogP contribution in [-0.2, 0) is 27.1 Å². The fraction of sp³-hybridized carbons (Fsp3) is 0.311. The van der Waals surface area contributed by atoms with Gasteiger partial charge in [0, 0.05) is 59.0 Å². The number of anilines is 2. The Labute approximate surface area is 389 Å². The van der Waals surface area contributed by atoms with Crippen molar-refractivity contribution in [2.24, 2.45) is 0 Å². The van der Waals surface area contributed by atoms with E-state index in [0.29, 0.717) is 0 Å². The van der Waals surface area contributed by atoms with Crippen LogP contribution in [0.4, 0.5) is 11.4 Å². The standard InChI is InChI=1S/C61H59BN2S/c1-57(2,3)34-17-20-36(21-18-34)64-52-31-41-40-29-47-48(60(9,10)26-25-59(47,7)8)32-46(40)61(11,12)45(41)30-43(52)38-22-23-39-42-28-44-37-15-13-14-16-53(37)65-54(44)33-51(42)63-50-24-19-35(58(4,5)6)27-49(50)62(64)55(38)56(39)63/h13-24,27-33H,25-26H2,1-12H3. The predicted octanol–water partition coefficient (Wildman–Crippen LogP) is 15.6. The summed E-state index contributed by atoms with van der Waals surface area (Å²) in [4.78, 5) is 2.75. The molecule has 9 aromatic rings. The van der Waals surface area contributed by atoms with Crippen LogP contribution in [0, 0.1) is 0 Å². The summed E-state index contributed by atoms with van der Waals surface area (Å²) in [6, 6.07) is 46.4. The predicted molar refractivity (Wildman–Crippen MR) is 283 cm³/mol. The molecule has 0 saturated heterocycles. The van der Waals surface area contributed by atoms with Gasteiger partial charge in [-0.1, -0.05) is 144 Å². The van der Waals surface area contributed by atoms with Gasteiger partial charge >= 0.3 is 6.85 Å². The van der Waals surface area contributed by atoms with E-state index in [4.69, 9.17) is 0 Å². The lowest BCUT2D eigenvalue weighted by atomic mass is 9.43. The van der Waals surface area contributed by atoms with Crippen molar-refractivity contribution in [3.8, 4) is 27.9 Å². The van der Waals surface area contributed by atoms with Crippen molar-refractivity contribution in [2.75, 3.05) is 4.81 Å². The highest BCUT2D eigenvalue weighted by molar-refractivity contribution is 7.25. The monoisotopic (exact) mass is 862 g/mol.